The van der Waals surface area contributed by atoms with Crippen molar-refractivity contribution in [1.82, 2.24) is 10.6 Å². The number of benzene rings is 1. The van der Waals surface area contributed by atoms with Gasteiger partial charge in [-0.15, -0.1) is 0 Å². The van der Waals surface area contributed by atoms with Crippen LogP contribution in [0.3, 0.4) is 0 Å². The SMILES string of the molecule is CCNC(=NCC(O)c1ccc(Cl)cc1)NCCCCOCC. The number of guanidine groups is 1. The Bertz CT molecular complexity index is 452. The van der Waals surface area contributed by atoms with Gasteiger partial charge < -0.3 is 20.5 Å². The highest BCUT2D eigenvalue weighted by atomic mass is 35.5. The molecule has 0 amide bonds. The summed E-state index contributed by atoms with van der Waals surface area (Å²) in [4.78, 5) is 4.43. The van der Waals surface area contributed by atoms with E-state index in [1.54, 1.807) is 12.1 Å². The van der Waals surface area contributed by atoms with E-state index in [-0.39, 0.29) is 0 Å². The number of nitrogens with one attached hydrogen (secondary N) is 2. The van der Waals surface area contributed by atoms with Crippen molar-refractivity contribution in [1.29, 1.82) is 0 Å². The summed E-state index contributed by atoms with van der Waals surface area (Å²) < 4.78 is 5.31. The predicted molar refractivity (Wildman–Crippen MR) is 96.1 cm³/mol. The molecule has 3 N–H and O–H groups in total. The van der Waals surface area contributed by atoms with Gasteiger partial charge in [0.1, 0.15) is 0 Å². The lowest BCUT2D eigenvalue weighted by atomic mass is 10.1. The highest BCUT2D eigenvalue weighted by molar-refractivity contribution is 6.30. The highest BCUT2D eigenvalue weighted by Gasteiger charge is 2.07. The van der Waals surface area contributed by atoms with E-state index in [4.69, 9.17) is 16.3 Å². The third-order valence-corrected chi connectivity index (χ3v) is 3.49. The predicted octanol–water partition coefficient (Wildman–Crippen LogP) is 2.75. The Morgan fingerprint density at radius 2 is 1.96 bits per heavy atom. The summed E-state index contributed by atoms with van der Waals surface area (Å²) in [5, 5.41) is 17.3. The lowest BCUT2D eigenvalue weighted by Gasteiger charge is -2.13. The Morgan fingerprint density at radius 1 is 1.22 bits per heavy atom. The number of hydrogen-bond donors (Lipinski definition) is 3. The second-order valence-electron chi connectivity index (χ2n) is 5.12. The molecule has 1 aromatic carbocycles. The Kier molecular flexibility index (Phi) is 10.4. The lowest BCUT2D eigenvalue weighted by molar-refractivity contribution is 0.143. The zero-order valence-electron chi connectivity index (χ0n) is 14.0. The van der Waals surface area contributed by atoms with Crippen LogP contribution in [0.5, 0.6) is 0 Å². The molecule has 0 spiro atoms. The van der Waals surface area contributed by atoms with E-state index in [1.165, 1.54) is 0 Å². The van der Waals surface area contributed by atoms with E-state index in [9.17, 15) is 5.11 Å². The molecule has 1 rings (SSSR count). The molecule has 130 valence electrons. The molecule has 0 heterocycles. The first-order chi connectivity index (χ1) is 11.2. The first-order valence-electron chi connectivity index (χ1n) is 8.20. The van der Waals surface area contributed by atoms with Gasteiger partial charge in [0.25, 0.3) is 0 Å². The molecule has 0 aromatic heterocycles. The van der Waals surface area contributed by atoms with Crippen molar-refractivity contribution >= 4 is 17.6 Å². The van der Waals surface area contributed by atoms with Crippen LogP contribution in [-0.2, 0) is 4.74 Å². The molecular weight excluding hydrogens is 314 g/mol. The zero-order chi connectivity index (χ0) is 16.9. The molecule has 6 heteroatoms. The first-order valence-corrected chi connectivity index (χ1v) is 8.58. The maximum absolute atomic E-state index is 10.2. The molecule has 0 aliphatic rings. The number of aliphatic hydroxyl groups is 1. The lowest BCUT2D eigenvalue weighted by Crippen LogP contribution is -2.38. The highest BCUT2D eigenvalue weighted by Crippen LogP contribution is 2.16. The molecule has 0 bridgehead atoms. The van der Waals surface area contributed by atoms with Gasteiger partial charge in [-0.05, 0) is 44.4 Å². The van der Waals surface area contributed by atoms with Crippen LogP contribution < -0.4 is 10.6 Å². The summed E-state index contributed by atoms with van der Waals surface area (Å²) in [5.41, 5.74) is 0.811. The van der Waals surface area contributed by atoms with Crippen molar-refractivity contribution in [3.63, 3.8) is 0 Å². The minimum Gasteiger partial charge on any atom is -0.386 e. The average Bonchev–Trinajstić information content (AvgIpc) is 2.56. The number of halogens is 1. The summed E-state index contributed by atoms with van der Waals surface area (Å²) >= 11 is 5.85. The van der Waals surface area contributed by atoms with Crippen molar-refractivity contribution in [2.75, 3.05) is 32.8 Å². The maximum atomic E-state index is 10.2. The summed E-state index contributed by atoms with van der Waals surface area (Å²) in [6.07, 6.45) is 1.40. The van der Waals surface area contributed by atoms with E-state index in [0.717, 1.165) is 50.7 Å². The van der Waals surface area contributed by atoms with E-state index < -0.39 is 6.10 Å². The smallest absolute Gasteiger partial charge is 0.191 e. The largest absolute Gasteiger partial charge is 0.386 e. The second kappa shape index (κ2) is 12.2. The van der Waals surface area contributed by atoms with Crippen LogP contribution in [0.1, 0.15) is 38.4 Å². The van der Waals surface area contributed by atoms with E-state index in [0.29, 0.717) is 11.6 Å². The standard InChI is InChI=1S/C17H28ClN3O2/c1-3-19-17(20-11-5-6-12-23-4-2)21-13-16(22)14-7-9-15(18)10-8-14/h7-10,16,22H,3-6,11-13H2,1-2H3,(H2,19,20,21). The molecule has 0 saturated heterocycles. The Morgan fingerprint density at radius 3 is 2.61 bits per heavy atom. The Balaban J connectivity index is 2.39. The summed E-state index contributed by atoms with van der Waals surface area (Å²) in [6.45, 7) is 7.48. The Labute approximate surface area is 144 Å². The van der Waals surface area contributed by atoms with Gasteiger partial charge in [-0.25, -0.2) is 0 Å². The molecule has 0 aliphatic carbocycles. The van der Waals surface area contributed by atoms with Gasteiger partial charge in [0.2, 0.25) is 0 Å². The summed E-state index contributed by atoms with van der Waals surface area (Å²) in [6, 6.07) is 7.17. The molecule has 23 heavy (non-hydrogen) atoms. The summed E-state index contributed by atoms with van der Waals surface area (Å²) in [5.74, 6) is 0.719. The van der Waals surface area contributed by atoms with E-state index in [2.05, 4.69) is 15.6 Å². The molecule has 0 aliphatic heterocycles. The van der Waals surface area contributed by atoms with Gasteiger partial charge in [-0.1, -0.05) is 23.7 Å². The first kappa shape index (κ1) is 19.7. The number of aliphatic hydroxyl groups excluding tert-OH is 1. The number of rotatable bonds is 10. The minimum absolute atomic E-state index is 0.301. The van der Waals surface area contributed by atoms with Gasteiger partial charge in [-0.2, -0.15) is 0 Å². The van der Waals surface area contributed by atoms with Crippen molar-refractivity contribution in [3.05, 3.63) is 34.9 Å². The van der Waals surface area contributed by atoms with Crippen molar-refractivity contribution in [2.24, 2.45) is 4.99 Å². The third kappa shape index (κ3) is 8.79. The van der Waals surface area contributed by atoms with Gasteiger partial charge in [0, 0.05) is 31.3 Å². The topological polar surface area (TPSA) is 65.9 Å². The molecule has 0 radical (unpaired) electrons. The van der Waals surface area contributed by atoms with Crippen molar-refractivity contribution in [3.8, 4) is 0 Å². The number of ether oxygens (including phenoxy) is 1. The van der Waals surface area contributed by atoms with Crippen LogP contribution in [0.2, 0.25) is 5.02 Å². The third-order valence-electron chi connectivity index (χ3n) is 3.23. The normalized spacial score (nSPS) is 13.0. The van der Waals surface area contributed by atoms with Gasteiger partial charge >= 0.3 is 0 Å². The van der Waals surface area contributed by atoms with E-state index >= 15 is 0 Å². The molecule has 1 unspecified atom stereocenters. The zero-order valence-corrected chi connectivity index (χ0v) is 14.8. The number of unbranched alkanes of at least 4 members (excludes halogenated alkanes) is 1. The summed E-state index contributed by atoms with van der Waals surface area (Å²) in [7, 11) is 0. The van der Waals surface area contributed by atoms with Crippen LogP contribution in [-0.4, -0.2) is 43.9 Å². The monoisotopic (exact) mass is 341 g/mol. The average molecular weight is 342 g/mol. The quantitative estimate of drug-likeness (QED) is 0.348. The molecule has 1 atom stereocenters. The Hall–Kier alpha value is -1.30. The van der Waals surface area contributed by atoms with Crippen LogP contribution in [0.4, 0.5) is 0 Å². The van der Waals surface area contributed by atoms with Crippen molar-refractivity contribution < 1.29 is 9.84 Å². The van der Waals surface area contributed by atoms with Crippen LogP contribution in [0, 0.1) is 0 Å². The number of nitrogens with zero attached hydrogens (tertiary/aromatic N) is 1. The van der Waals surface area contributed by atoms with Crippen LogP contribution >= 0.6 is 11.6 Å². The second-order valence-corrected chi connectivity index (χ2v) is 5.55. The molecule has 0 fully saturated rings. The molecule has 5 nitrogen and oxygen atoms in total. The molecule has 1 aromatic rings. The number of hydrogen-bond acceptors (Lipinski definition) is 3. The fourth-order valence-corrected chi connectivity index (χ4v) is 2.12. The number of aliphatic imine (C=N–C) groups is 1. The molecular formula is C17H28ClN3O2. The van der Waals surface area contributed by atoms with Gasteiger partial charge in [0.15, 0.2) is 5.96 Å². The molecule has 0 saturated carbocycles. The van der Waals surface area contributed by atoms with Gasteiger partial charge in [-0.3, -0.25) is 4.99 Å². The fourth-order valence-electron chi connectivity index (χ4n) is 1.99. The van der Waals surface area contributed by atoms with Gasteiger partial charge in [0.05, 0.1) is 12.6 Å². The van der Waals surface area contributed by atoms with Crippen LogP contribution in [0.25, 0.3) is 0 Å². The van der Waals surface area contributed by atoms with Crippen molar-refractivity contribution in [2.45, 2.75) is 32.8 Å². The van der Waals surface area contributed by atoms with E-state index in [1.807, 2.05) is 26.0 Å². The minimum atomic E-state index is -0.638. The van der Waals surface area contributed by atoms with Crippen LogP contribution in [0.15, 0.2) is 29.3 Å². The fraction of sp³-hybridized carbons (Fsp3) is 0.588. The maximum Gasteiger partial charge on any atom is 0.191 e.